The van der Waals surface area contributed by atoms with E-state index in [9.17, 15) is 5.11 Å². The van der Waals surface area contributed by atoms with Gasteiger partial charge in [0.25, 0.3) is 0 Å². The third-order valence-electron chi connectivity index (χ3n) is 6.37. The van der Waals surface area contributed by atoms with Gasteiger partial charge < -0.3 is 15.7 Å². The number of aliphatic hydroxyl groups is 1. The Labute approximate surface area is 186 Å². The van der Waals surface area contributed by atoms with Crippen molar-refractivity contribution in [2.45, 2.75) is 58.9 Å². The van der Waals surface area contributed by atoms with Gasteiger partial charge in [-0.1, -0.05) is 0 Å². The Bertz CT molecular complexity index is 1110. The molecule has 164 valence electrons. The largest absolute Gasteiger partial charge is 0.396 e. The van der Waals surface area contributed by atoms with Crippen molar-refractivity contribution in [3.05, 3.63) is 23.1 Å². The van der Waals surface area contributed by atoms with Gasteiger partial charge in [0.05, 0.1) is 21.7 Å². The number of fused-ring (bicyclic) bond motifs is 1. The van der Waals surface area contributed by atoms with E-state index in [2.05, 4.69) is 21.7 Å². The van der Waals surface area contributed by atoms with Gasteiger partial charge in [0.2, 0.25) is 5.95 Å². The van der Waals surface area contributed by atoms with E-state index in [1.807, 2.05) is 20.8 Å². The molecule has 2 fully saturated rings. The minimum Gasteiger partial charge on any atom is -0.396 e. The summed E-state index contributed by atoms with van der Waals surface area (Å²) in [5.41, 5.74) is 4.81. The maximum Gasteiger partial charge on any atom is 0.224 e. The number of aliphatic hydroxyl groups excluding tert-OH is 1. The summed E-state index contributed by atoms with van der Waals surface area (Å²) in [6, 6.07) is 2.41. The topological polar surface area (TPSA) is 95.9 Å². The summed E-state index contributed by atoms with van der Waals surface area (Å²) in [6.07, 6.45) is 5.63. The van der Waals surface area contributed by atoms with Crippen LogP contribution in [0.2, 0.25) is 0 Å². The minimum absolute atomic E-state index is 0.255. The highest BCUT2D eigenvalue weighted by atomic mass is 32.1. The monoisotopic (exact) mass is 438 g/mol. The molecule has 7 nitrogen and oxygen atoms in total. The van der Waals surface area contributed by atoms with Crippen LogP contribution in [0.4, 0.5) is 11.8 Å². The van der Waals surface area contributed by atoms with E-state index in [0.29, 0.717) is 17.9 Å². The average Bonchev–Trinajstić information content (AvgIpc) is 3.29. The van der Waals surface area contributed by atoms with Gasteiger partial charge in [-0.25, -0.2) is 9.97 Å². The van der Waals surface area contributed by atoms with Crippen LogP contribution in [0.1, 0.15) is 49.2 Å². The fraction of sp³-hybridized carbons (Fsp3) is 0.565. The number of aromatic nitrogens is 4. The molecule has 8 heteroatoms. The van der Waals surface area contributed by atoms with Crippen LogP contribution in [0.3, 0.4) is 0 Å². The maximum absolute atomic E-state index is 9.55. The van der Waals surface area contributed by atoms with Crippen LogP contribution in [0.15, 0.2) is 6.07 Å². The zero-order valence-electron chi connectivity index (χ0n) is 18.4. The lowest BCUT2D eigenvalue weighted by atomic mass is 10.1. The first kappa shape index (κ1) is 20.6. The molecule has 3 aromatic heterocycles. The molecule has 0 saturated heterocycles. The number of hydrogen-bond acceptors (Lipinski definition) is 8. The van der Waals surface area contributed by atoms with Gasteiger partial charge in [-0.2, -0.15) is 4.98 Å². The molecule has 0 spiro atoms. The number of thiazole rings is 1. The zero-order valence-corrected chi connectivity index (χ0v) is 19.2. The molecule has 3 aromatic rings. The Morgan fingerprint density at radius 2 is 1.81 bits per heavy atom. The molecule has 31 heavy (non-hydrogen) atoms. The molecule has 1 unspecified atom stereocenters. The van der Waals surface area contributed by atoms with Gasteiger partial charge in [0.1, 0.15) is 16.3 Å². The number of rotatable bonds is 7. The molecule has 2 aliphatic rings. The molecule has 5 rings (SSSR count). The second-order valence-corrected chi connectivity index (χ2v) is 10.1. The molecule has 2 atom stereocenters. The third kappa shape index (κ3) is 4.36. The molecule has 3 N–H and O–H groups in total. The first-order chi connectivity index (χ1) is 15.0. The highest BCUT2D eigenvalue weighted by Gasteiger charge is 2.27. The molecular formula is C23H30N6OS. The number of nitrogens with zero attached hydrogens (tertiary/aromatic N) is 4. The quantitative estimate of drug-likeness (QED) is 0.501. The molecule has 2 saturated carbocycles. The SMILES string of the molecule is Cc1cc2sc(-c3c(C)nc(NCC4CC4)nc3NC3CC[C@@H](CO)C3)nc2c(C)n1. The molecule has 2 aliphatic carbocycles. The lowest BCUT2D eigenvalue weighted by Crippen LogP contribution is -2.19. The molecule has 0 aliphatic heterocycles. The van der Waals surface area contributed by atoms with Crippen molar-refractivity contribution in [2.24, 2.45) is 11.8 Å². The smallest absolute Gasteiger partial charge is 0.224 e. The Kier molecular flexibility index (Phi) is 5.52. The summed E-state index contributed by atoms with van der Waals surface area (Å²) in [6.45, 7) is 7.26. The fourth-order valence-corrected chi connectivity index (χ4v) is 5.68. The Hall–Kier alpha value is -2.32. The van der Waals surface area contributed by atoms with E-state index < -0.39 is 0 Å². The van der Waals surface area contributed by atoms with Crippen molar-refractivity contribution < 1.29 is 5.11 Å². The van der Waals surface area contributed by atoms with Gasteiger partial charge in [0, 0.05) is 24.9 Å². The summed E-state index contributed by atoms with van der Waals surface area (Å²) >= 11 is 1.67. The van der Waals surface area contributed by atoms with Crippen LogP contribution in [0, 0.1) is 32.6 Å². The van der Waals surface area contributed by atoms with Crippen molar-refractivity contribution >= 4 is 33.3 Å². The van der Waals surface area contributed by atoms with E-state index in [1.165, 1.54) is 12.8 Å². The van der Waals surface area contributed by atoms with Crippen LogP contribution in [0.5, 0.6) is 0 Å². The first-order valence-corrected chi connectivity index (χ1v) is 12.1. The fourth-order valence-electron chi connectivity index (χ4n) is 4.47. The summed E-state index contributed by atoms with van der Waals surface area (Å²) in [5.74, 6) is 2.65. The summed E-state index contributed by atoms with van der Waals surface area (Å²) < 4.78 is 1.14. The Morgan fingerprint density at radius 1 is 1.00 bits per heavy atom. The predicted octanol–water partition coefficient (Wildman–Crippen LogP) is 4.47. The number of pyridine rings is 1. The Balaban J connectivity index is 1.53. The Morgan fingerprint density at radius 3 is 2.55 bits per heavy atom. The van der Waals surface area contributed by atoms with Crippen molar-refractivity contribution in [2.75, 3.05) is 23.8 Å². The van der Waals surface area contributed by atoms with E-state index in [0.717, 1.165) is 75.4 Å². The van der Waals surface area contributed by atoms with Crippen LogP contribution in [-0.4, -0.2) is 44.2 Å². The lowest BCUT2D eigenvalue weighted by molar-refractivity contribution is 0.229. The summed E-state index contributed by atoms with van der Waals surface area (Å²) in [4.78, 5) is 19.2. The van der Waals surface area contributed by atoms with Gasteiger partial charge in [0.15, 0.2) is 0 Å². The van der Waals surface area contributed by atoms with Crippen molar-refractivity contribution in [1.82, 2.24) is 19.9 Å². The second kappa shape index (κ2) is 8.31. The number of anilines is 2. The van der Waals surface area contributed by atoms with E-state index in [4.69, 9.17) is 15.0 Å². The highest BCUT2D eigenvalue weighted by molar-refractivity contribution is 7.21. The zero-order chi connectivity index (χ0) is 21.5. The van der Waals surface area contributed by atoms with Crippen molar-refractivity contribution in [3.63, 3.8) is 0 Å². The van der Waals surface area contributed by atoms with Gasteiger partial charge in [-0.3, -0.25) is 4.98 Å². The van der Waals surface area contributed by atoms with Crippen LogP contribution in [-0.2, 0) is 0 Å². The molecular weight excluding hydrogens is 408 g/mol. The van der Waals surface area contributed by atoms with Crippen LogP contribution >= 0.6 is 11.3 Å². The second-order valence-electron chi connectivity index (χ2n) is 9.10. The maximum atomic E-state index is 9.55. The van der Waals surface area contributed by atoms with E-state index in [1.54, 1.807) is 11.3 Å². The molecule has 0 aromatic carbocycles. The predicted molar refractivity (Wildman–Crippen MR) is 126 cm³/mol. The third-order valence-corrected chi connectivity index (χ3v) is 7.39. The van der Waals surface area contributed by atoms with Crippen LogP contribution in [0.25, 0.3) is 20.8 Å². The van der Waals surface area contributed by atoms with E-state index in [-0.39, 0.29) is 6.61 Å². The lowest BCUT2D eigenvalue weighted by Gasteiger charge is -2.18. The van der Waals surface area contributed by atoms with Gasteiger partial charge in [-0.05, 0) is 70.8 Å². The standard InChI is InChI=1S/C23H30N6OS/c1-12-8-18-20(14(3)25-12)28-22(31-18)19-13(2)26-23(24-10-15-4-5-15)29-21(19)27-17-7-6-16(9-17)11-30/h8,15-17,30H,4-7,9-11H2,1-3H3,(H2,24,26,27,29)/t16-,17?/m1/s1. The molecule has 0 radical (unpaired) electrons. The highest BCUT2D eigenvalue weighted by Crippen LogP contribution is 2.38. The number of hydrogen-bond donors (Lipinski definition) is 3. The first-order valence-electron chi connectivity index (χ1n) is 11.2. The van der Waals surface area contributed by atoms with Crippen LogP contribution < -0.4 is 10.6 Å². The summed E-state index contributed by atoms with van der Waals surface area (Å²) in [7, 11) is 0. The van der Waals surface area contributed by atoms with E-state index >= 15 is 0 Å². The van der Waals surface area contributed by atoms with Crippen molar-refractivity contribution in [3.8, 4) is 10.6 Å². The summed E-state index contributed by atoms with van der Waals surface area (Å²) in [5, 5.41) is 17.6. The number of aryl methyl sites for hydroxylation is 3. The number of nitrogens with one attached hydrogen (secondary N) is 2. The van der Waals surface area contributed by atoms with Crippen molar-refractivity contribution in [1.29, 1.82) is 0 Å². The molecule has 3 heterocycles. The average molecular weight is 439 g/mol. The van der Waals surface area contributed by atoms with Gasteiger partial charge in [-0.15, -0.1) is 11.3 Å². The minimum atomic E-state index is 0.255. The molecule has 0 bridgehead atoms. The normalized spacial score (nSPS) is 21.0. The molecule has 0 amide bonds. The van der Waals surface area contributed by atoms with Gasteiger partial charge >= 0.3 is 0 Å².